The summed E-state index contributed by atoms with van der Waals surface area (Å²) in [6.45, 7) is 0. The number of hydrogen-bond acceptors (Lipinski definition) is 0. The molecule has 0 bridgehead atoms. The minimum atomic E-state index is -6.27. The Kier molecular flexibility index (Phi) is 2.76. The lowest BCUT2D eigenvalue weighted by Gasteiger charge is -2.28. The third kappa shape index (κ3) is 1.78. The molecule has 1 rings (SSSR count). The van der Waals surface area contributed by atoms with Crippen LogP contribution in [-0.4, -0.2) is 18.0 Å². The van der Waals surface area contributed by atoms with E-state index in [-0.39, 0.29) is 0 Å². The molecule has 0 saturated carbocycles. The van der Waals surface area contributed by atoms with Crippen LogP contribution in [0.25, 0.3) is 0 Å². The predicted molar refractivity (Wildman–Crippen MR) is 33.3 cm³/mol. The normalized spacial score (nSPS) is 24.4. The maximum atomic E-state index is 12.6. The van der Waals surface area contributed by atoms with E-state index in [9.17, 15) is 43.9 Å². The Bertz CT molecular complexity index is 409. The lowest BCUT2D eigenvalue weighted by Crippen LogP contribution is -2.41. The summed E-state index contributed by atoms with van der Waals surface area (Å²) >= 11 is 0. The molecule has 0 fully saturated rings. The Morgan fingerprint density at radius 1 is 0.647 bits per heavy atom. The molecule has 0 nitrogen and oxygen atoms in total. The Balaban J connectivity index is 3.63. The fourth-order valence-corrected chi connectivity index (χ4v) is 1.08. The van der Waals surface area contributed by atoms with E-state index in [1.807, 2.05) is 0 Å². The van der Waals surface area contributed by atoms with E-state index in [4.69, 9.17) is 0 Å². The fourth-order valence-electron chi connectivity index (χ4n) is 1.08. The van der Waals surface area contributed by atoms with Gasteiger partial charge in [0.05, 0.1) is 0 Å². The molecule has 10 heteroatoms. The van der Waals surface area contributed by atoms with E-state index < -0.39 is 41.1 Å². The largest absolute Gasteiger partial charge is 0.421 e. The average molecular weight is 274 g/mol. The fraction of sp³-hybridized carbons (Fsp3) is 0.429. The van der Waals surface area contributed by atoms with Crippen molar-refractivity contribution in [1.82, 2.24) is 0 Å². The first-order valence-electron chi connectivity index (χ1n) is 3.64. The molecule has 0 saturated heterocycles. The van der Waals surface area contributed by atoms with Crippen molar-refractivity contribution in [3.8, 4) is 0 Å². The Labute approximate surface area is 86.2 Å². The molecule has 98 valence electrons. The van der Waals surface area contributed by atoms with Gasteiger partial charge in [-0.25, -0.2) is 13.2 Å². The minimum Gasteiger partial charge on any atom is -0.204 e. The number of rotatable bonds is 0. The molecule has 1 aliphatic rings. The van der Waals surface area contributed by atoms with Gasteiger partial charge >= 0.3 is 18.0 Å². The molecular weight excluding hydrogens is 274 g/mol. The van der Waals surface area contributed by atoms with E-state index in [1.54, 1.807) is 0 Å². The van der Waals surface area contributed by atoms with Gasteiger partial charge in [0.15, 0.2) is 5.83 Å². The van der Waals surface area contributed by atoms with E-state index in [0.29, 0.717) is 0 Å². The van der Waals surface area contributed by atoms with Gasteiger partial charge in [-0.3, -0.25) is 0 Å². The van der Waals surface area contributed by atoms with Crippen molar-refractivity contribution < 1.29 is 43.9 Å². The van der Waals surface area contributed by atoms with Gasteiger partial charge in [-0.05, 0) is 0 Å². The highest BCUT2D eigenvalue weighted by atomic mass is 19.4. The lowest BCUT2D eigenvalue weighted by molar-refractivity contribution is -0.139. The van der Waals surface area contributed by atoms with Crippen molar-refractivity contribution in [1.29, 1.82) is 0 Å². The molecule has 0 spiro atoms. The van der Waals surface area contributed by atoms with Gasteiger partial charge in [0.2, 0.25) is 11.7 Å². The maximum Gasteiger partial charge on any atom is 0.421 e. The van der Waals surface area contributed by atoms with Crippen LogP contribution < -0.4 is 0 Å². The standard InChI is InChI=1S/C7F10/c8-2-1(7(15,16)17)5(11,12)3(9)4(10)6(2,13)14. The molecule has 0 radical (unpaired) electrons. The van der Waals surface area contributed by atoms with E-state index in [0.717, 1.165) is 0 Å². The minimum absolute atomic E-state index is 3.58. The van der Waals surface area contributed by atoms with Gasteiger partial charge in [0.1, 0.15) is 5.57 Å². The van der Waals surface area contributed by atoms with Gasteiger partial charge in [0, 0.05) is 0 Å². The molecule has 17 heavy (non-hydrogen) atoms. The number of hydrogen-bond donors (Lipinski definition) is 0. The van der Waals surface area contributed by atoms with Crippen LogP contribution in [0.4, 0.5) is 43.9 Å². The van der Waals surface area contributed by atoms with Crippen LogP contribution in [0.2, 0.25) is 0 Å². The van der Waals surface area contributed by atoms with Crippen LogP contribution in [0.15, 0.2) is 23.1 Å². The summed E-state index contributed by atoms with van der Waals surface area (Å²) in [7, 11) is 0. The van der Waals surface area contributed by atoms with Crippen molar-refractivity contribution in [3.63, 3.8) is 0 Å². The van der Waals surface area contributed by atoms with Crippen molar-refractivity contribution in [2.24, 2.45) is 0 Å². The first-order chi connectivity index (χ1) is 7.34. The number of alkyl halides is 7. The summed E-state index contributed by atoms with van der Waals surface area (Å²) in [5, 5.41) is 0. The van der Waals surface area contributed by atoms with Gasteiger partial charge in [-0.15, -0.1) is 0 Å². The van der Waals surface area contributed by atoms with Gasteiger partial charge in [-0.2, -0.15) is 30.7 Å². The molecule has 0 unspecified atom stereocenters. The van der Waals surface area contributed by atoms with Crippen LogP contribution in [0.3, 0.4) is 0 Å². The molecule has 0 amide bonds. The Morgan fingerprint density at radius 2 is 1.00 bits per heavy atom. The topological polar surface area (TPSA) is 0 Å². The van der Waals surface area contributed by atoms with Gasteiger partial charge in [-0.1, -0.05) is 0 Å². The molecule has 0 aliphatic heterocycles. The molecule has 0 N–H and O–H groups in total. The van der Waals surface area contributed by atoms with Gasteiger partial charge < -0.3 is 0 Å². The van der Waals surface area contributed by atoms with Crippen molar-refractivity contribution >= 4 is 0 Å². The Hall–Kier alpha value is -1.22. The van der Waals surface area contributed by atoms with Crippen LogP contribution >= 0.6 is 0 Å². The van der Waals surface area contributed by atoms with Crippen molar-refractivity contribution in [3.05, 3.63) is 23.1 Å². The summed E-state index contributed by atoms with van der Waals surface area (Å²) in [6, 6.07) is 0. The third-order valence-corrected chi connectivity index (χ3v) is 1.84. The zero-order chi connectivity index (χ0) is 13.8. The summed E-state index contributed by atoms with van der Waals surface area (Å²) < 4.78 is 123. The monoisotopic (exact) mass is 274 g/mol. The highest BCUT2D eigenvalue weighted by Crippen LogP contribution is 2.54. The first kappa shape index (κ1) is 13.8. The van der Waals surface area contributed by atoms with Crippen molar-refractivity contribution in [2.75, 3.05) is 0 Å². The van der Waals surface area contributed by atoms with Crippen LogP contribution in [0.1, 0.15) is 0 Å². The van der Waals surface area contributed by atoms with E-state index in [1.165, 1.54) is 0 Å². The molecule has 1 aliphatic carbocycles. The second-order valence-electron chi connectivity index (χ2n) is 2.96. The van der Waals surface area contributed by atoms with E-state index in [2.05, 4.69) is 0 Å². The Morgan fingerprint density at radius 3 is 1.35 bits per heavy atom. The highest BCUT2D eigenvalue weighted by Gasteiger charge is 2.66. The smallest absolute Gasteiger partial charge is 0.204 e. The summed E-state index contributed by atoms with van der Waals surface area (Å²) in [5.41, 5.74) is -3.74. The lowest BCUT2D eigenvalue weighted by atomic mass is 9.96. The quantitative estimate of drug-likeness (QED) is 0.580. The van der Waals surface area contributed by atoms with Crippen LogP contribution in [-0.2, 0) is 0 Å². The molecule has 0 atom stereocenters. The maximum absolute atomic E-state index is 12.6. The van der Waals surface area contributed by atoms with Gasteiger partial charge in [0.25, 0.3) is 0 Å². The summed E-state index contributed by atoms with van der Waals surface area (Å²) in [6.07, 6.45) is -6.27. The molecule has 0 aromatic carbocycles. The first-order valence-corrected chi connectivity index (χ1v) is 3.64. The second kappa shape index (κ2) is 3.39. The predicted octanol–water partition coefficient (Wildman–Crippen LogP) is 4.21. The molecule has 0 aromatic rings. The SMILES string of the molecule is FC1=C(F)C(F)(F)C(C(F)(F)F)=C(F)C1(F)F. The highest BCUT2D eigenvalue weighted by molar-refractivity contribution is 5.43. The molecule has 0 heterocycles. The van der Waals surface area contributed by atoms with Crippen LogP contribution in [0.5, 0.6) is 0 Å². The summed E-state index contributed by atoms with van der Waals surface area (Å²) in [5.74, 6) is -22.5. The second-order valence-corrected chi connectivity index (χ2v) is 2.96. The molecule has 0 aromatic heterocycles. The zero-order valence-electron chi connectivity index (χ0n) is 7.28. The average Bonchev–Trinajstić information content (AvgIpc) is 2.10. The number of allylic oxidation sites excluding steroid dienone is 4. The zero-order valence-corrected chi connectivity index (χ0v) is 7.28. The molecular formula is C7F10. The third-order valence-electron chi connectivity index (χ3n) is 1.84. The van der Waals surface area contributed by atoms with E-state index >= 15 is 0 Å². The summed E-state index contributed by atoms with van der Waals surface area (Å²) in [4.78, 5) is 0. The number of halogens is 10. The van der Waals surface area contributed by atoms with Crippen LogP contribution in [0, 0.1) is 0 Å². The van der Waals surface area contributed by atoms with Crippen molar-refractivity contribution in [2.45, 2.75) is 18.0 Å².